The second-order valence-electron chi connectivity index (χ2n) is 4.01. The topological polar surface area (TPSA) is 37.3 Å². The minimum atomic E-state index is -0.815. The SMILES string of the molecule is Cl.Cl.Cl.O=C(O)C1=Cc2c(cc3cccccc2-3)C1. The van der Waals surface area contributed by atoms with Gasteiger partial charge in [0.2, 0.25) is 0 Å². The standard InChI is InChI=1S/C14H10O2.3ClH/c15-14(16)11-7-10-6-9-4-2-1-3-5-12(9)13(10)8-11;;;/h1-6,8H,7H2,(H,15,16);3*1H. The average Bonchev–Trinajstić information content (AvgIpc) is 2.69. The van der Waals surface area contributed by atoms with Crippen LogP contribution in [0, 0.1) is 0 Å². The summed E-state index contributed by atoms with van der Waals surface area (Å²) in [6, 6.07) is 12.1. The van der Waals surface area contributed by atoms with Crippen molar-refractivity contribution < 1.29 is 9.90 Å². The Kier molecular flexibility index (Phi) is 6.37. The first-order valence-electron chi connectivity index (χ1n) is 5.20. The molecule has 0 spiro atoms. The molecule has 102 valence electrons. The Morgan fingerprint density at radius 2 is 1.74 bits per heavy atom. The van der Waals surface area contributed by atoms with Gasteiger partial charge in [-0.05, 0) is 28.3 Å². The average molecular weight is 320 g/mol. The van der Waals surface area contributed by atoms with Crippen molar-refractivity contribution in [2.75, 3.05) is 0 Å². The second-order valence-corrected chi connectivity index (χ2v) is 4.01. The highest BCUT2D eigenvalue weighted by atomic mass is 35.5. The lowest BCUT2D eigenvalue weighted by Crippen LogP contribution is -1.99. The van der Waals surface area contributed by atoms with Crippen LogP contribution in [0.1, 0.15) is 11.1 Å². The molecule has 0 saturated carbocycles. The molecule has 3 aliphatic rings. The van der Waals surface area contributed by atoms with Crippen LogP contribution in [-0.4, -0.2) is 11.1 Å². The third-order valence-electron chi connectivity index (χ3n) is 3.01. The van der Waals surface area contributed by atoms with Crippen LogP contribution in [0.15, 0.2) is 42.0 Å². The van der Waals surface area contributed by atoms with E-state index < -0.39 is 5.97 Å². The van der Waals surface area contributed by atoms with Crippen molar-refractivity contribution in [1.29, 1.82) is 0 Å². The molecule has 5 heteroatoms. The van der Waals surface area contributed by atoms with Gasteiger partial charge in [0.05, 0.1) is 0 Å². The highest BCUT2D eigenvalue weighted by Gasteiger charge is 2.22. The van der Waals surface area contributed by atoms with Gasteiger partial charge in [-0.1, -0.05) is 36.4 Å². The summed E-state index contributed by atoms with van der Waals surface area (Å²) >= 11 is 0. The van der Waals surface area contributed by atoms with Crippen LogP contribution < -0.4 is 0 Å². The van der Waals surface area contributed by atoms with Crippen LogP contribution in [0.3, 0.4) is 0 Å². The van der Waals surface area contributed by atoms with E-state index in [-0.39, 0.29) is 37.2 Å². The summed E-state index contributed by atoms with van der Waals surface area (Å²) in [6.45, 7) is 0. The van der Waals surface area contributed by atoms with Crippen LogP contribution >= 0.6 is 37.2 Å². The quantitative estimate of drug-likeness (QED) is 0.860. The molecule has 0 aromatic rings. The smallest absolute Gasteiger partial charge is 0.331 e. The van der Waals surface area contributed by atoms with Gasteiger partial charge in [-0.2, -0.15) is 0 Å². The van der Waals surface area contributed by atoms with Gasteiger partial charge in [0.1, 0.15) is 0 Å². The van der Waals surface area contributed by atoms with Gasteiger partial charge in [-0.25, -0.2) is 4.79 Å². The van der Waals surface area contributed by atoms with E-state index in [0.717, 1.165) is 16.7 Å². The van der Waals surface area contributed by atoms with Crippen molar-refractivity contribution >= 4 is 49.3 Å². The van der Waals surface area contributed by atoms with Gasteiger partial charge in [-0.15, -0.1) is 37.2 Å². The first-order chi connectivity index (χ1) is 7.75. The Labute approximate surface area is 130 Å². The zero-order chi connectivity index (χ0) is 11.1. The van der Waals surface area contributed by atoms with Crippen molar-refractivity contribution in [3.05, 3.63) is 53.1 Å². The molecular formula is C14H13Cl3O2. The fourth-order valence-electron chi connectivity index (χ4n) is 2.26. The lowest BCUT2D eigenvalue weighted by Gasteiger charge is -1.94. The lowest BCUT2D eigenvalue weighted by atomic mass is 10.1. The Hall–Kier alpha value is -1.22. The van der Waals surface area contributed by atoms with E-state index in [4.69, 9.17) is 5.11 Å². The zero-order valence-electron chi connectivity index (χ0n) is 9.83. The maximum atomic E-state index is 10.9. The van der Waals surface area contributed by atoms with Crippen LogP contribution in [0.4, 0.5) is 0 Å². The minimum absolute atomic E-state index is 0. The molecular weight excluding hydrogens is 307 g/mol. The number of carbonyl (C=O) groups is 1. The molecule has 3 rings (SSSR count). The van der Waals surface area contributed by atoms with Crippen molar-refractivity contribution in [2.45, 2.75) is 6.42 Å². The molecule has 19 heavy (non-hydrogen) atoms. The molecule has 0 bridgehead atoms. The number of hydrogen-bond acceptors (Lipinski definition) is 1. The highest BCUT2D eigenvalue weighted by molar-refractivity contribution is 5.99. The van der Waals surface area contributed by atoms with Gasteiger partial charge >= 0.3 is 5.97 Å². The molecule has 0 aromatic carbocycles. The molecule has 2 nitrogen and oxygen atoms in total. The van der Waals surface area contributed by atoms with E-state index in [0.29, 0.717) is 12.0 Å². The van der Waals surface area contributed by atoms with E-state index in [1.54, 1.807) is 6.08 Å². The predicted octanol–water partition coefficient (Wildman–Crippen LogP) is 4.08. The molecule has 0 atom stereocenters. The minimum Gasteiger partial charge on any atom is -0.478 e. The van der Waals surface area contributed by atoms with Crippen LogP contribution in [0.5, 0.6) is 0 Å². The first kappa shape index (κ1) is 17.8. The van der Waals surface area contributed by atoms with Gasteiger partial charge < -0.3 is 5.11 Å². The third kappa shape index (κ3) is 3.03. The molecule has 0 amide bonds. The lowest BCUT2D eigenvalue weighted by molar-refractivity contribution is -0.132. The Morgan fingerprint density at radius 1 is 1.05 bits per heavy atom. The Morgan fingerprint density at radius 3 is 2.42 bits per heavy atom. The maximum Gasteiger partial charge on any atom is 0.331 e. The summed E-state index contributed by atoms with van der Waals surface area (Å²) in [5, 5.41) is 8.96. The molecule has 0 radical (unpaired) electrons. The molecule has 1 N–H and O–H groups in total. The largest absolute Gasteiger partial charge is 0.478 e. The van der Waals surface area contributed by atoms with E-state index in [1.807, 2.05) is 24.3 Å². The molecule has 0 unspecified atom stereocenters. The van der Waals surface area contributed by atoms with Gasteiger partial charge in [-0.3, -0.25) is 0 Å². The summed E-state index contributed by atoms with van der Waals surface area (Å²) < 4.78 is 0. The van der Waals surface area contributed by atoms with E-state index in [2.05, 4.69) is 12.1 Å². The summed E-state index contributed by atoms with van der Waals surface area (Å²) in [5.74, 6) is -0.815. The van der Waals surface area contributed by atoms with Gasteiger partial charge in [0, 0.05) is 12.0 Å². The molecule has 3 aliphatic carbocycles. The van der Waals surface area contributed by atoms with Crippen molar-refractivity contribution in [1.82, 2.24) is 0 Å². The highest BCUT2D eigenvalue weighted by Crippen LogP contribution is 2.38. The van der Waals surface area contributed by atoms with Crippen LogP contribution in [-0.2, 0) is 11.2 Å². The number of rotatable bonds is 1. The van der Waals surface area contributed by atoms with Crippen LogP contribution in [0.25, 0.3) is 17.2 Å². The normalized spacial score (nSPS) is 11.5. The summed E-state index contributed by atoms with van der Waals surface area (Å²) in [7, 11) is 0. The number of carboxylic acid groups (broad SMARTS) is 1. The van der Waals surface area contributed by atoms with Crippen molar-refractivity contribution in [3.63, 3.8) is 0 Å². The Bertz CT molecular complexity index is 593. The Balaban J connectivity index is 0.00000108. The number of aliphatic carboxylic acids is 1. The monoisotopic (exact) mass is 318 g/mol. The fourth-order valence-corrected chi connectivity index (χ4v) is 2.26. The van der Waals surface area contributed by atoms with E-state index >= 15 is 0 Å². The molecule has 0 aliphatic heterocycles. The van der Waals surface area contributed by atoms with Crippen molar-refractivity contribution in [3.8, 4) is 11.1 Å². The number of halogens is 3. The number of hydrogen-bond donors (Lipinski definition) is 1. The van der Waals surface area contributed by atoms with Gasteiger partial charge in [0.15, 0.2) is 0 Å². The van der Waals surface area contributed by atoms with Gasteiger partial charge in [0.25, 0.3) is 0 Å². The fraction of sp³-hybridized carbons (Fsp3) is 0.0714. The maximum absolute atomic E-state index is 10.9. The second kappa shape index (κ2) is 6.80. The molecule has 0 heterocycles. The van der Waals surface area contributed by atoms with E-state index in [1.165, 1.54) is 5.56 Å². The molecule has 0 aromatic heterocycles. The van der Waals surface area contributed by atoms with Crippen molar-refractivity contribution in [2.24, 2.45) is 0 Å². The molecule has 0 saturated heterocycles. The molecule has 0 fully saturated rings. The van der Waals surface area contributed by atoms with Crippen LogP contribution in [0.2, 0.25) is 0 Å². The number of carboxylic acids is 1. The number of fused-ring (bicyclic) bond motifs is 3. The first-order valence-corrected chi connectivity index (χ1v) is 5.20. The zero-order valence-corrected chi connectivity index (χ0v) is 12.3. The summed E-state index contributed by atoms with van der Waals surface area (Å²) in [4.78, 5) is 10.9. The summed E-state index contributed by atoms with van der Waals surface area (Å²) in [5.41, 5.74) is 4.99. The van der Waals surface area contributed by atoms with E-state index in [9.17, 15) is 4.79 Å². The third-order valence-corrected chi connectivity index (χ3v) is 3.01. The predicted molar refractivity (Wildman–Crippen MR) is 84.1 cm³/mol. The summed E-state index contributed by atoms with van der Waals surface area (Å²) in [6.07, 6.45) is 2.34.